The van der Waals surface area contributed by atoms with Crippen molar-refractivity contribution in [2.24, 2.45) is 5.92 Å². The van der Waals surface area contributed by atoms with Gasteiger partial charge < -0.3 is 29.4 Å². The van der Waals surface area contributed by atoms with Crippen LogP contribution in [0.4, 0.5) is 10.5 Å². The Balaban J connectivity index is 1.31. The number of carbonyl (C=O) groups is 4. The fourth-order valence-electron chi connectivity index (χ4n) is 9.69. The number of aromatic nitrogens is 3. The lowest BCUT2D eigenvalue weighted by molar-refractivity contribution is -0.178. The number of morpholine rings is 1. The first-order chi connectivity index (χ1) is 32.3. The Kier molecular flexibility index (Phi) is 12.4. The lowest BCUT2D eigenvalue weighted by atomic mass is 9.65. The van der Waals surface area contributed by atoms with Crippen molar-refractivity contribution in [1.82, 2.24) is 25.2 Å². The number of para-hydroxylation sites is 1. The minimum absolute atomic E-state index is 0.00972. The van der Waals surface area contributed by atoms with E-state index in [0.717, 1.165) is 16.0 Å². The van der Waals surface area contributed by atoms with E-state index in [0.29, 0.717) is 28.0 Å². The maximum absolute atomic E-state index is 16.2. The number of aliphatic hydroxyl groups is 1. The number of esters is 1. The molecule has 15 heteroatoms. The van der Waals surface area contributed by atoms with Crippen LogP contribution in [0.1, 0.15) is 46.0 Å². The molecule has 0 saturated carbocycles. The van der Waals surface area contributed by atoms with Crippen LogP contribution in [-0.4, -0.2) is 95.0 Å². The van der Waals surface area contributed by atoms with E-state index in [4.69, 9.17) is 18.9 Å². The van der Waals surface area contributed by atoms with Gasteiger partial charge in [0.2, 0.25) is 11.8 Å². The second-order valence-corrected chi connectivity index (χ2v) is 16.0. The summed E-state index contributed by atoms with van der Waals surface area (Å²) in [6, 6.07) is 35.0. The van der Waals surface area contributed by atoms with Crippen LogP contribution in [0.5, 0.6) is 5.75 Å². The van der Waals surface area contributed by atoms with Gasteiger partial charge in [-0.15, -0.1) is 11.7 Å². The van der Waals surface area contributed by atoms with Crippen LogP contribution in [0, 0.1) is 17.8 Å². The number of benzene rings is 5. The monoisotopic (exact) mass is 886 g/mol. The van der Waals surface area contributed by atoms with Gasteiger partial charge in [-0.1, -0.05) is 108 Å². The van der Waals surface area contributed by atoms with Crippen molar-refractivity contribution in [3.8, 4) is 17.6 Å². The van der Waals surface area contributed by atoms with Gasteiger partial charge in [0.25, 0.3) is 0 Å². The van der Waals surface area contributed by atoms with Crippen molar-refractivity contribution in [3.63, 3.8) is 0 Å². The highest BCUT2D eigenvalue weighted by Gasteiger charge is 2.75. The normalized spacial score (nSPS) is 22.0. The van der Waals surface area contributed by atoms with Crippen LogP contribution in [-0.2, 0) is 40.6 Å². The van der Waals surface area contributed by atoms with Crippen LogP contribution >= 0.6 is 0 Å². The zero-order chi connectivity index (χ0) is 45.8. The van der Waals surface area contributed by atoms with Gasteiger partial charge >= 0.3 is 12.1 Å². The predicted octanol–water partition coefficient (Wildman–Crippen LogP) is 5.60. The number of anilines is 1. The minimum Gasteiger partial charge on any atom is -0.491 e. The molecule has 3 amide bonds. The summed E-state index contributed by atoms with van der Waals surface area (Å²) in [6.45, 7) is 3.72. The molecule has 3 aliphatic heterocycles. The van der Waals surface area contributed by atoms with Crippen LogP contribution in [0.15, 0.2) is 140 Å². The average molecular weight is 887 g/mol. The van der Waals surface area contributed by atoms with E-state index in [9.17, 15) is 9.90 Å². The summed E-state index contributed by atoms with van der Waals surface area (Å²) in [5, 5.41) is 21.0. The molecule has 4 heterocycles. The van der Waals surface area contributed by atoms with E-state index in [1.54, 1.807) is 47.1 Å². The molecule has 334 valence electrons. The molecule has 6 atom stereocenters. The molecule has 0 unspecified atom stereocenters. The maximum atomic E-state index is 16.2. The SMILES string of the molecule is C=CCNC(=O)[C@H]1[C@@H]2C(=O)O[C@@H](c3ccccc3)[C@@H](c3ccccc3)N2[C@@H](c2ccc(OCCO)cc2)[C@]12C(=O)N(C(=O)OCCOC)c1ccc(C#CCn3nnc4ccccc43)cc12. The van der Waals surface area contributed by atoms with Gasteiger partial charge in [-0.2, -0.15) is 0 Å². The number of methoxy groups -OCH3 is 1. The molecule has 9 rings (SSSR count). The second kappa shape index (κ2) is 18.8. The Labute approximate surface area is 380 Å². The molecule has 2 N–H and O–H groups in total. The number of aliphatic hydroxyl groups excluding tert-OH is 1. The Morgan fingerprint density at radius 3 is 2.33 bits per heavy atom. The summed E-state index contributed by atoms with van der Waals surface area (Å²) in [7, 11) is 1.46. The van der Waals surface area contributed by atoms with Gasteiger partial charge in [-0.3, -0.25) is 19.3 Å². The molecule has 1 aromatic heterocycles. The number of hydrogen-bond acceptors (Lipinski definition) is 12. The van der Waals surface area contributed by atoms with Crippen molar-refractivity contribution >= 4 is 40.6 Å². The summed E-state index contributed by atoms with van der Waals surface area (Å²) in [5.74, 6) is 3.19. The van der Waals surface area contributed by atoms with Crippen LogP contribution in [0.2, 0.25) is 0 Å². The molecular weight excluding hydrogens is 841 g/mol. The quantitative estimate of drug-likeness (QED) is 0.0637. The molecule has 2 fully saturated rings. The van der Waals surface area contributed by atoms with Crippen LogP contribution < -0.4 is 15.0 Å². The van der Waals surface area contributed by atoms with E-state index in [1.165, 1.54) is 13.2 Å². The topological polar surface area (TPSA) is 175 Å². The first kappa shape index (κ1) is 43.6. The van der Waals surface area contributed by atoms with Gasteiger partial charge in [-0.05, 0) is 64.7 Å². The van der Waals surface area contributed by atoms with Crippen molar-refractivity contribution in [2.45, 2.75) is 36.2 Å². The Morgan fingerprint density at radius 2 is 1.61 bits per heavy atom. The first-order valence-corrected chi connectivity index (χ1v) is 21.5. The highest BCUT2D eigenvalue weighted by molar-refractivity contribution is 6.23. The van der Waals surface area contributed by atoms with Gasteiger partial charge in [0.05, 0.1) is 42.4 Å². The number of carbonyl (C=O) groups excluding carboxylic acids is 4. The molecule has 2 saturated heterocycles. The summed E-state index contributed by atoms with van der Waals surface area (Å²) in [5.41, 5.74) is 2.38. The fraction of sp³-hybridized carbons (Fsp3) is 0.255. The number of imide groups is 1. The van der Waals surface area contributed by atoms with Gasteiger partial charge in [-0.25, -0.2) is 14.4 Å². The van der Waals surface area contributed by atoms with E-state index in [2.05, 4.69) is 34.0 Å². The summed E-state index contributed by atoms with van der Waals surface area (Å²) in [4.78, 5) is 63.9. The highest BCUT2D eigenvalue weighted by atomic mass is 16.6. The van der Waals surface area contributed by atoms with Crippen molar-refractivity contribution in [1.29, 1.82) is 0 Å². The maximum Gasteiger partial charge on any atom is 0.421 e. The molecule has 0 radical (unpaired) electrons. The number of fused-ring (bicyclic) bond motifs is 4. The summed E-state index contributed by atoms with van der Waals surface area (Å²) < 4.78 is 24.8. The molecule has 66 heavy (non-hydrogen) atoms. The van der Waals surface area contributed by atoms with E-state index in [1.807, 2.05) is 89.8 Å². The standard InChI is InChI=1S/C51H46N6O9/c1-3-26-52-47(59)42-44-48(60)66-45(35-16-8-5-9-17-35)43(34-14-6-4-7-15-34)57(44)46(36-21-23-37(24-22-36)64-29-28-58)51(42)38-32-33(13-12-27-55-41-19-11-10-18-39(41)53-54-55)20-25-40(38)56(49(51)61)50(62)65-31-30-63-2/h3-11,14-25,32,42-46,58H,1,26-31H2,2H3,(H,52,59)/t42-,43-,44-,45+,46+,51-/m1/s1. The molecule has 5 aromatic carbocycles. The smallest absolute Gasteiger partial charge is 0.421 e. The van der Waals surface area contributed by atoms with E-state index >= 15 is 14.4 Å². The lowest BCUT2D eigenvalue weighted by Crippen LogP contribution is -2.55. The van der Waals surface area contributed by atoms with Crippen LogP contribution in [0.3, 0.4) is 0 Å². The summed E-state index contributed by atoms with van der Waals surface area (Å²) in [6.07, 6.45) is -0.388. The molecule has 6 aromatic rings. The minimum atomic E-state index is -2.02. The number of rotatable bonds is 13. The average Bonchev–Trinajstić information content (AvgIpc) is 3.99. The molecular formula is C51H46N6O9. The second-order valence-electron chi connectivity index (χ2n) is 16.0. The number of nitrogens with zero attached hydrogens (tertiary/aromatic N) is 5. The largest absolute Gasteiger partial charge is 0.491 e. The van der Waals surface area contributed by atoms with Crippen molar-refractivity contribution < 1.29 is 43.2 Å². The third-order valence-corrected chi connectivity index (χ3v) is 12.3. The van der Waals surface area contributed by atoms with Crippen molar-refractivity contribution in [2.75, 3.05) is 45.0 Å². The van der Waals surface area contributed by atoms with Crippen LogP contribution in [0.25, 0.3) is 11.0 Å². The molecule has 0 aliphatic carbocycles. The Morgan fingerprint density at radius 1 is 0.879 bits per heavy atom. The van der Waals surface area contributed by atoms with Crippen molar-refractivity contribution in [3.05, 3.63) is 168 Å². The van der Waals surface area contributed by atoms with Gasteiger partial charge in [0.1, 0.15) is 48.6 Å². The molecule has 3 aliphatic rings. The number of amides is 3. The zero-order valence-electron chi connectivity index (χ0n) is 36.0. The first-order valence-electron chi connectivity index (χ1n) is 21.5. The number of cyclic esters (lactones) is 1. The number of nitrogens with one attached hydrogen (secondary N) is 1. The Bertz CT molecular complexity index is 2840. The number of hydrogen-bond donors (Lipinski definition) is 2. The highest BCUT2D eigenvalue weighted by Crippen LogP contribution is 2.66. The van der Waals surface area contributed by atoms with E-state index in [-0.39, 0.29) is 50.8 Å². The van der Waals surface area contributed by atoms with Gasteiger partial charge in [0.15, 0.2) is 0 Å². The molecule has 15 nitrogen and oxygen atoms in total. The predicted molar refractivity (Wildman–Crippen MR) is 242 cm³/mol. The summed E-state index contributed by atoms with van der Waals surface area (Å²) >= 11 is 0. The third-order valence-electron chi connectivity index (χ3n) is 12.3. The van der Waals surface area contributed by atoms with E-state index < -0.39 is 59.4 Å². The molecule has 1 spiro atoms. The fourth-order valence-corrected chi connectivity index (χ4v) is 9.69. The zero-order valence-corrected chi connectivity index (χ0v) is 36.0. The Hall–Kier alpha value is -7.64. The lowest BCUT2D eigenvalue weighted by Gasteiger charge is -2.46. The molecule has 0 bridgehead atoms. The third kappa shape index (κ3) is 7.64. The van der Waals surface area contributed by atoms with Gasteiger partial charge in [0, 0.05) is 19.2 Å². The number of ether oxygens (including phenoxy) is 4.